The molecular formula is C21H18N2O6S. The highest BCUT2D eigenvalue weighted by atomic mass is 32.2. The highest BCUT2D eigenvalue weighted by Gasteiger charge is 2.29. The van der Waals surface area contributed by atoms with E-state index in [4.69, 9.17) is 10.3 Å². The summed E-state index contributed by atoms with van der Waals surface area (Å²) in [4.78, 5) is 23.5. The average molecular weight is 426 g/mol. The van der Waals surface area contributed by atoms with Crippen molar-refractivity contribution in [3.63, 3.8) is 0 Å². The number of hydrogen-bond donors (Lipinski definition) is 1. The van der Waals surface area contributed by atoms with Gasteiger partial charge >= 0.3 is 5.97 Å². The van der Waals surface area contributed by atoms with Gasteiger partial charge in [-0.1, -0.05) is 59.8 Å². The van der Waals surface area contributed by atoms with Crippen LogP contribution in [0.4, 0.5) is 0 Å². The Bertz CT molecular complexity index is 1220. The zero-order chi connectivity index (χ0) is 21.8. The van der Waals surface area contributed by atoms with Gasteiger partial charge in [0.15, 0.2) is 0 Å². The Kier molecular flexibility index (Phi) is 6.24. The van der Waals surface area contributed by atoms with E-state index in [1.807, 2.05) is 30.3 Å². The van der Waals surface area contributed by atoms with Crippen LogP contribution in [0.1, 0.15) is 16.1 Å². The second kappa shape index (κ2) is 8.85. The second-order valence-corrected chi connectivity index (χ2v) is 7.24. The Morgan fingerprint density at radius 2 is 1.67 bits per heavy atom. The number of aryl methyl sites for hydroxylation is 1. The van der Waals surface area contributed by atoms with Crippen molar-refractivity contribution < 1.29 is 27.3 Å². The van der Waals surface area contributed by atoms with Gasteiger partial charge in [-0.05, 0) is 12.5 Å². The van der Waals surface area contributed by atoms with Crippen LogP contribution in [0.15, 0.2) is 59.1 Å². The number of esters is 1. The zero-order valence-electron chi connectivity index (χ0n) is 16.2. The highest BCUT2D eigenvalue weighted by molar-refractivity contribution is 7.75. The van der Waals surface area contributed by atoms with Crippen molar-refractivity contribution >= 4 is 26.9 Å². The van der Waals surface area contributed by atoms with Crippen LogP contribution in [0.5, 0.6) is 0 Å². The molecule has 2 N–H and O–H groups in total. The van der Waals surface area contributed by atoms with Gasteiger partial charge in [0.25, 0.3) is 0 Å². The largest absolute Gasteiger partial charge is 0.468 e. The quantitative estimate of drug-likeness (QED) is 0.360. The third-order valence-electron chi connectivity index (χ3n) is 4.49. The van der Waals surface area contributed by atoms with Crippen molar-refractivity contribution in [2.75, 3.05) is 7.11 Å². The van der Waals surface area contributed by atoms with Gasteiger partial charge < -0.3 is 15.0 Å². The molecule has 3 rings (SSSR count). The number of rotatable bonds is 6. The molecule has 1 unspecified atom stereocenters. The summed E-state index contributed by atoms with van der Waals surface area (Å²) >= 11 is 0. The number of ether oxygens (including phenoxy) is 1. The van der Waals surface area contributed by atoms with Gasteiger partial charge in [-0.3, -0.25) is 4.79 Å². The molecule has 0 fully saturated rings. The first kappa shape index (κ1) is 21.2. The molecule has 0 amide bonds. The lowest BCUT2D eigenvalue weighted by Gasteiger charge is -2.10. The summed E-state index contributed by atoms with van der Waals surface area (Å²) in [6.07, 6.45) is 0. The van der Waals surface area contributed by atoms with Gasteiger partial charge in [-0.2, -0.15) is 8.42 Å². The average Bonchev–Trinajstić information content (AvgIpc) is 3.15. The molecule has 1 heterocycles. The Labute approximate surface area is 173 Å². The topological polar surface area (TPSA) is 130 Å². The predicted octanol–water partition coefficient (Wildman–Crippen LogP) is 2.05. The number of carbonyl (C=O) groups excluding carboxylic acids is 2. The highest BCUT2D eigenvalue weighted by Crippen LogP contribution is 2.34. The molecule has 3 aromatic rings. The molecule has 0 saturated carbocycles. The lowest BCUT2D eigenvalue weighted by atomic mass is 9.96. The third-order valence-corrected chi connectivity index (χ3v) is 5.29. The molecule has 154 valence electrons. The fourth-order valence-corrected chi connectivity index (χ4v) is 3.56. The summed E-state index contributed by atoms with van der Waals surface area (Å²) in [6.45, 7) is 1.77. The number of carbonyl (C=O) groups is 2. The maximum absolute atomic E-state index is 12.7. The zero-order valence-corrected chi connectivity index (χ0v) is 17.0. The molecule has 8 nitrogen and oxygen atoms in total. The smallest absolute Gasteiger partial charge is 0.328 e. The van der Waals surface area contributed by atoms with Crippen LogP contribution < -0.4 is 5.73 Å². The minimum atomic E-state index is -2.99. The van der Waals surface area contributed by atoms with E-state index in [-0.39, 0.29) is 5.56 Å². The normalized spacial score (nSPS) is 11.6. The minimum absolute atomic E-state index is 0.0627. The monoisotopic (exact) mass is 426 g/mol. The summed E-state index contributed by atoms with van der Waals surface area (Å²) in [7, 11) is -1.93. The molecule has 0 saturated heterocycles. The lowest BCUT2D eigenvalue weighted by Crippen LogP contribution is -2.44. The van der Waals surface area contributed by atoms with Crippen LogP contribution >= 0.6 is 0 Å². The van der Waals surface area contributed by atoms with Gasteiger partial charge in [0.2, 0.25) is 16.1 Å². The fourth-order valence-electron chi connectivity index (χ4n) is 2.99. The minimum Gasteiger partial charge on any atom is -0.468 e. The van der Waals surface area contributed by atoms with Crippen LogP contribution in [-0.2, 0) is 19.8 Å². The van der Waals surface area contributed by atoms with Crippen LogP contribution in [0.2, 0.25) is 0 Å². The molecule has 0 aliphatic carbocycles. The summed E-state index contributed by atoms with van der Waals surface area (Å²) < 4.78 is 32.8. The molecule has 9 heteroatoms. The second-order valence-electron chi connectivity index (χ2n) is 6.33. The molecule has 0 aliphatic heterocycles. The molecule has 0 bridgehead atoms. The van der Waals surface area contributed by atoms with E-state index in [9.17, 15) is 18.0 Å². The van der Waals surface area contributed by atoms with Crippen LogP contribution in [-0.4, -0.2) is 43.3 Å². The van der Waals surface area contributed by atoms with Crippen molar-refractivity contribution in [2.45, 2.75) is 13.0 Å². The number of aromatic nitrogens is 1. The van der Waals surface area contributed by atoms with E-state index >= 15 is 0 Å². The van der Waals surface area contributed by atoms with E-state index in [0.29, 0.717) is 11.5 Å². The number of methoxy groups -OCH3 is 1. The third kappa shape index (κ3) is 4.07. The standard InChI is InChI=1S/C21H18N2O6S/c1-12-16(18(23-29-12)14-6-4-3-5-7-14)13-8-10-15(11-9-13)19(24)20(30(26)27)17(22)21(25)28-2/h3-11,17H,22H2,1-2H3. The van der Waals surface area contributed by atoms with Crippen molar-refractivity contribution in [2.24, 2.45) is 5.73 Å². The number of ketones is 1. The summed E-state index contributed by atoms with van der Waals surface area (Å²) in [6, 6.07) is 14.0. The van der Waals surface area contributed by atoms with E-state index in [0.717, 1.165) is 23.8 Å². The Balaban J connectivity index is 1.99. The fraction of sp³-hybridized carbons (Fsp3) is 0.143. The van der Waals surface area contributed by atoms with E-state index < -0.39 is 33.0 Å². The number of nitrogens with zero attached hydrogens (tertiary/aromatic N) is 1. The first-order valence-corrected chi connectivity index (χ1v) is 9.89. The van der Waals surface area contributed by atoms with E-state index in [1.165, 1.54) is 12.1 Å². The van der Waals surface area contributed by atoms with E-state index in [1.54, 1.807) is 19.1 Å². The van der Waals surface area contributed by atoms with Crippen LogP contribution in [0, 0.1) is 6.92 Å². The molecule has 1 aromatic heterocycles. The lowest BCUT2D eigenvalue weighted by molar-refractivity contribution is -0.140. The Morgan fingerprint density at radius 1 is 1.03 bits per heavy atom. The van der Waals surface area contributed by atoms with Crippen LogP contribution in [0.3, 0.4) is 0 Å². The molecule has 30 heavy (non-hydrogen) atoms. The van der Waals surface area contributed by atoms with Gasteiger partial charge in [0.1, 0.15) is 22.4 Å². The van der Waals surface area contributed by atoms with Gasteiger partial charge in [-0.15, -0.1) is 0 Å². The Morgan fingerprint density at radius 3 is 2.23 bits per heavy atom. The molecule has 0 aliphatic rings. The van der Waals surface area contributed by atoms with Crippen molar-refractivity contribution in [1.82, 2.24) is 5.16 Å². The number of Topliss-reactive ketones (excluding diaryl/α,β-unsaturated/α-hetero) is 1. The van der Waals surface area contributed by atoms with Gasteiger partial charge in [-0.25, -0.2) is 4.79 Å². The molecule has 0 radical (unpaired) electrons. The van der Waals surface area contributed by atoms with Gasteiger partial charge in [0.05, 0.1) is 12.7 Å². The summed E-state index contributed by atoms with van der Waals surface area (Å²) in [5.74, 6) is -1.31. The van der Waals surface area contributed by atoms with E-state index in [2.05, 4.69) is 9.89 Å². The number of hydrogen-bond acceptors (Lipinski definition) is 8. The van der Waals surface area contributed by atoms with Crippen molar-refractivity contribution in [1.29, 1.82) is 0 Å². The van der Waals surface area contributed by atoms with Crippen molar-refractivity contribution in [3.8, 4) is 22.4 Å². The predicted molar refractivity (Wildman–Crippen MR) is 110 cm³/mol. The maximum atomic E-state index is 12.7. The molecule has 2 aromatic carbocycles. The first-order valence-electron chi connectivity index (χ1n) is 8.81. The van der Waals surface area contributed by atoms with Crippen molar-refractivity contribution in [3.05, 3.63) is 65.9 Å². The maximum Gasteiger partial charge on any atom is 0.328 e. The SMILES string of the molecule is COC(=O)C(N)C(C(=O)c1ccc(-c2c(-c3ccccc3)noc2C)cc1)=S(=O)=O. The summed E-state index contributed by atoms with van der Waals surface area (Å²) in [5.41, 5.74) is 8.63. The van der Waals surface area contributed by atoms with Gasteiger partial charge in [0, 0.05) is 11.1 Å². The first-order chi connectivity index (χ1) is 14.3. The molecule has 0 spiro atoms. The molecule has 1 atom stereocenters. The molecular weight excluding hydrogens is 408 g/mol. The van der Waals surface area contributed by atoms with Crippen LogP contribution in [0.25, 0.3) is 22.4 Å². The Hall–Kier alpha value is -3.56. The summed E-state index contributed by atoms with van der Waals surface area (Å²) in [5, 5.41) is 4.13. The number of nitrogens with two attached hydrogens (primary N) is 1. The number of benzene rings is 2.